The Morgan fingerprint density at radius 2 is 1.56 bits per heavy atom. The summed E-state index contributed by atoms with van der Waals surface area (Å²) in [6.07, 6.45) is 0.308. The molecule has 0 aliphatic carbocycles. The highest BCUT2D eigenvalue weighted by atomic mass is 32.2. The maximum atomic E-state index is 10.7. The number of rotatable bonds is 6. The van der Waals surface area contributed by atoms with Crippen molar-refractivity contribution in [3.05, 3.63) is 0 Å². The predicted molar refractivity (Wildman–Crippen MR) is 53.3 cm³/mol. The zero-order valence-electron chi connectivity index (χ0n) is 8.86. The van der Waals surface area contributed by atoms with E-state index in [1.165, 1.54) is 0 Å². The van der Waals surface area contributed by atoms with E-state index in [1.807, 2.05) is 0 Å². The number of aliphatic hydroxyl groups excluding tert-OH is 1. The third-order valence-electron chi connectivity index (χ3n) is 2.34. The van der Waals surface area contributed by atoms with E-state index in [4.69, 9.17) is 0 Å². The first-order chi connectivity index (χ1) is 7.01. The Hall–Kier alpha value is -0.220. The van der Waals surface area contributed by atoms with Gasteiger partial charge in [-0.05, 0) is 13.3 Å². The monoisotopic (exact) mass is 274 g/mol. The van der Waals surface area contributed by atoms with E-state index in [2.05, 4.69) is 0 Å². The first kappa shape index (κ1) is 15.8. The SMILES string of the molecule is CCCC(C(C)S(=O)(=O)[O-])C(O)S(=O)(=O)[O-]. The van der Waals surface area contributed by atoms with Gasteiger partial charge in [0.25, 0.3) is 0 Å². The standard InChI is InChI=1S/C7H16O7S2/c1-3-4-6(5(2)15(9,10)11)7(8)16(12,13)14/h5-8H,3-4H2,1-2H3,(H,9,10,11)(H,12,13,14)/p-2. The molecule has 98 valence electrons. The fourth-order valence-electron chi connectivity index (χ4n) is 1.37. The lowest BCUT2D eigenvalue weighted by atomic mass is 10.0. The molecule has 0 fully saturated rings. The number of hydrogen-bond donors (Lipinski definition) is 1. The van der Waals surface area contributed by atoms with E-state index in [0.717, 1.165) is 6.92 Å². The molecule has 0 aromatic heterocycles. The molecule has 0 radical (unpaired) electrons. The molecule has 0 saturated heterocycles. The van der Waals surface area contributed by atoms with Gasteiger partial charge < -0.3 is 14.2 Å². The van der Waals surface area contributed by atoms with Crippen LogP contribution in [-0.2, 0) is 20.2 Å². The van der Waals surface area contributed by atoms with Gasteiger partial charge in [0.15, 0.2) is 0 Å². The second-order valence-electron chi connectivity index (χ2n) is 3.53. The summed E-state index contributed by atoms with van der Waals surface area (Å²) in [6.45, 7) is 2.60. The van der Waals surface area contributed by atoms with Crippen molar-refractivity contribution < 1.29 is 31.0 Å². The average Bonchev–Trinajstić information content (AvgIpc) is 2.09. The molecule has 0 aliphatic heterocycles. The summed E-state index contributed by atoms with van der Waals surface area (Å²) < 4.78 is 63.9. The lowest BCUT2D eigenvalue weighted by molar-refractivity contribution is 0.156. The molecule has 1 N–H and O–H groups in total. The van der Waals surface area contributed by atoms with Crippen LogP contribution >= 0.6 is 0 Å². The first-order valence-corrected chi connectivity index (χ1v) is 7.53. The zero-order chi connectivity index (χ0) is 13.1. The molecular weight excluding hydrogens is 260 g/mol. The van der Waals surface area contributed by atoms with Crippen LogP contribution in [0.3, 0.4) is 0 Å². The van der Waals surface area contributed by atoms with E-state index in [0.29, 0.717) is 6.42 Å². The van der Waals surface area contributed by atoms with Crippen LogP contribution in [0.2, 0.25) is 0 Å². The van der Waals surface area contributed by atoms with Gasteiger partial charge in [0, 0.05) is 5.92 Å². The Balaban J connectivity index is 5.18. The maximum Gasteiger partial charge on any atom is 0.147 e. The Kier molecular flexibility index (Phi) is 5.33. The van der Waals surface area contributed by atoms with Gasteiger partial charge >= 0.3 is 0 Å². The van der Waals surface area contributed by atoms with Gasteiger partial charge in [-0.1, -0.05) is 13.3 Å². The van der Waals surface area contributed by atoms with Crippen LogP contribution in [0.5, 0.6) is 0 Å². The van der Waals surface area contributed by atoms with E-state index in [-0.39, 0.29) is 6.42 Å². The van der Waals surface area contributed by atoms with E-state index in [1.54, 1.807) is 6.92 Å². The Morgan fingerprint density at radius 1 is 1.12 bits per heavy atom. The molecule has 0 aliphatic rings. The van der Waals surface area contributed by atoms with Crippen LogP contribution < -0.4 is 0 Å². The van der Waals surface area contributed by atoms with Crippen molar-refractivity contribution in [2.45, 2.75) is 37.4 Å². The third kappa shape index (κ3) is 4.34. The lowest BCUT2D eigenvalue weighted by Gasteiger charge is -2.31. The highest BCUT2D eigenvalue weighted by Gasteiger charge is 2.32. The van der Waals surface area contributed by atoms with Crippen molar-refractivity contribution >= 4 is 20.2 Å². The summed E-state index contributed by atoms with van der Waals surface area (Å²) in [6, 6.07) is 0. The molecule has 7 nitrogen and oxygen atoms in total. The minimum absolute atomic E-state index is 0.0364. The van der Waals surface area contributed by atoms with Gasteiger partial charge in [-0.2, -0.15) is 0 Å². The molecule has 16 heavy (non-hydrogen) atoms. The Morgan fingerprint density at radius 3 is 1.81 bits per heavy atom. The average molecular weight is 274 g/mol. The molecule has 0 spiro atoms. The molecule has 0 aromatic rings. The summed E-state index contributed by atoms with van der Waals surface area (Å²) in [7, 11) is -9.77. The van der Waals surface area contributed by atoms with Crippen LogP contribution in [0.25, 0.3) is 0 Å². The highest BCUT2D eigenvalue weighted by molar-refractivity contribution is 7.87. The summed E-state index contributed by atoms with van der Waals surface area (Å²) >= 11 is 0. The van der Waals surface area contributed by atoms with E-state index >= 15 is 0 Å². The summed E-state index contributed by atoms with van der Waals surface area (Å²) in [5, 5.41) is 7.59. The smallest absolute Gasteiger partial charge is 0.147 e. The van der Waals surface area contributed by atoms with Crippen molar-refractivity contribution in [3.8, 4) is 0 Å². The van der Waals surface area contributed by atoms with Crippen molar-refractivity contribution in [1.29, 1.82) is 0 Å². The van der Waals surface area contributed by atoms with E-state index < -0.39 is 36.8 Å². The molecule has 0 bridgehead atoms. The summed E-state index contributed by atoms with van der Waals surface area (Å²) in [5.41, 5.74) is -2.37. The minimum Gasteiger partial charge on any atom is -0.748 e. The van der Waals surface area contributed by atoms with Crippen molar-refractivity contribution in [2.24, 2.45) is 5.92 Å². The molecule has 0 heterocycles. The van der Waals surface area contributed by atoms with Crippen LogP contribution in [0, 0.1) is 5.92 Å². The van der Waals surface area contributed by atoms with Crippen LogP contribution in [0.15, 0.2) is 0 Å². The Bertz CT molecular complexity index is 372. The van der Waals surface area contributed by atoms with Gasteiger partial charge in [0.1, 0.15) is 15.6 Å². The van der Waals surface area contributed by atoms with E-state index in [9.17, 15) is 31.0 Å². The van der Waals surface area contributed by atoms with Gasteiger partial charge in [-0.25, -0.2) is 16.8 Å². The second-order valence-corrected chi connectivity index (χ2v) is 6.73. The fourth-order valence-corrected chi connectivity index (χ4v) is 2.98. The summed E-state index contributed by atoms with van der Waals surface area (Å²) in [4.78, 5) is 0. The zero-order valence-corrected chi connectivity index (χ0v) is 10.5. The molecule has 9 heteroatoms. The highest BCUT2D eigenvalue weighted by Crippen LogP contribution is 2.23. The second kappa shape index (κ2) is 5.41. The number of aliphatic hydroxyl groups is 1. The lowest BCUT2D eigenvalue weighted by Crippen LogP contribution is -2.39. The van der Waals surface area contributed by atoms with Crippen LogP contribution in [-0.4, -0.2) is 41.7 Å². The van der Waals surface area contributed by atoms with Crippen LogP contribution in [0.4, 0.5) is 0 Å². The quantitative estimate of drug-likeness (QED) is 0.626. The molecule has 0 rings (SSSR count). The van der Waals surface area contributed by atoms with Crippen molar-refractivity contribution in [3.63, 3.8) is 0 Å². The fraction of sp³-hybridized carbons (Fsp3) is 1.00. The largest absolute Gasteiger partial charge is 0.748 e. The van der Waals surface area contributed by atoms with Gasteiger partial charge in [0.05, 0.1) is 15.4 Å². The normalized spacial score (nSPS) is 19.1. The molecule has 0 saturated carbocycles. The van der Waals surface area contributed by atoms with Crippen molar-refractivity contribution in [2.75, 3.05) is 0 Å². The molecule has 0 aromatic carbocycles. The maximum absolute atomic E-state index is 10.7. The summed E-state index contributed by atoms with van der Waals surface area (Å²) in [5.74, 6) is -1.39. The number of hydrogen-bond acceptors (Lipinski definition) is 7. The third-order valence-corrected chi connectivity index (χ3v) is 4.54. The van der Waals surface area contributed by atoms with Gasteiger partial charge in [0.2, 0.25) is 0 Å². The molecular formula is C7H14O7S2-2. The topological polar surface area (TPSA) is 135 Å². The minimum atomic E-state index is -5.03. The first-order valence-electron chi connectivity index (χ1n) is 4.59. The van der Waals surface area contributed by atoms with Gasteiger partial charge in [-0.3, -0.25) is 0 Å². The molecule has 0 amide bonds. The molecule has 3 unspecified atom stereocenters. The Labute approximate surface area is 95.0 Å². The predicted octanol–water partition coefficient (Wildman–Crippen LogP) is -0.800. The van der Waals surface area contributed by atoms with Crippen LogP contribution in [0.1, 0.15) is 26.7 Å². The van der Waals surface area contributed by atoms with Gasteiger partial charge in [-0.15, -0.1) is 0 Å². The molecule has 3 atom stereocenters. The van der Waals surface area contributed by atoms with Crippen molar-refractivity contribution in [1.82, 2.24) is 0 Å².